The van der Waals surface area contributed by atoms with Gasteiger partial charge >= 0.3 is 0 Å². The van der Waals surface area contributed by atoms with Crippen molar-refractivity contribution in [2.45, 2.75) is 44.1 Å². The highest BCUT2D eigenvalue weighted by molar-refractivity contribution is 7.09. The third-order valence-corrected chi connectivity index (χ3v) is 5.39. The molecule has 0 amide bonds. The molecule has 19 heavy (non-hydrogen) atoms. The minimum Gasteiger partial charge on any atom is -0.321 e. The van der Waals surface area contributed by atoms with E-state index in [0.717, 1.165) is 19.3 Å². The van der Waals surface area contributed by atoms with E-state index in [1.165, 1.54) is 22.4 Å². The highest BCUT2D eigenvalue weighted by Gasteiger charge is 2.34. The van der Waals surface area contributed by atoms with E-state index in [9.17, 15) is 0 Å². The Morgan fingerprint density at radius 1 is 1.26 bits per heavy atom. The van der Waals surface area contributed by atoms with Gasteiger partial charge in [0, 0.05) is 10.4 Å². The predicted octanol–water partition coefficient (Wildman–Crippen LogP) is 4.43. The lowest BCUT2D eigenvalue weighted by atomic mass is 9.71. The van der Waals surface area contributed by atoms with Crippen LogP contribution in [0.5, 0.6) is 0 Å². The number of hydrogen-bond donors (Lipinski definition) is 1. The van der Waals surface area contributed by atoms with Gasteiger partial charge in [-0.15, -0.1) is 11.3 Å². The van der Waals surface area contributed by atoms with Crippen LogP contribution in [0, 0.1) is 0 Å². The third-order valence-electron chi connectivity index (χ3n) is 4.45. The van der Waals surface area contributed by atoms with Crippen LogP contribution in [0.1, 0.15) is 48.1 Å². The molecule has 1 aromatic heterocycles. The van der Waals surface area contributed by atoms with Gasteiger partial charge in [0.15, 0.2) is 0 Å². The monoisotopic (exact) mass is 271 g/mol. The van der Waals surface area contributed by atoms with Crippen molar-refractivity contribution in [1.82, 2.24) is 0 Å². The van der Waals surface area contributed by atoms with Gasteiger partial charge in [0.1, 0.15) is 0 Å². The summed E-state index contributed by atoms with van der Waals surface area (Å²) in [4.78, 5) is 1.45. The Hall–Kier alpha value is -1.12. The van der Waals surface area contributed by atoms with Gasteiger partial charge in [0.2, 0.25) is 0 Å². The standard InChI is InChI=1S/C17H21NS/c1-13-8-10-17(18,11-9-14-5-4-12-19-14)16-7-3-2-6-15(13)16/h2-7,12-13H,8-11,18H2,1H3. The first-order valence-corrected chi connectivity index (χ1v) is 7.98. The molecule has 0 aliphatic heterocycles. The normalized spacial score (nSPS) is 26.1. The summed E-state index contributed by atoms with van der Waals surface area (Å²) in [5.74, 6) is 0.648. The number of thiophene rings is 1. The zero-order valence-electron chi connectivity index (χ0n) is 11.4. The molecule has 0 fully saturated rings. The number of fused-ring (bicyclic) bond motifs is 1. The third kappa shape index (κ3) is 2.47. The molecule has 2 aromatic rings. The lowest BCUT2D eigenvalue weighted by molar-refractivity contribution is 0.329. The number of aryl methyl sites for hydroxylation is 1. The van der Waals surface area contributed by atoms with Crippen molar-refractivity contribution >= 4 is 11.3 Å². The summed E-state index contributed by atoms with van der Waals surface area (Å²) < 4.78 is 0. The summed E-state index contributed by atoms with van der Waals surface area (Å²) in [7, 11) is 0. The highest BCUT2D eigenvalue weighted by Crippen LogP contribution is 2.42. The fourth-order valence-corrected chi connectivity index (χ4v) is 3.91. The summed E-state index contributed by atoms with van der Waals surface area (Å²) >= 11 is 1.84. The molecule has 100 valence electrons. The van der Waals surface area contributed by atoms with Crippen LogP contribution in [0.3, 0.4) is 0 Å². The second kappa shape index (κ2) is 5.10. The molecule has 1 heterocycles. The number of benzene rings is 1. The SMILES string of the molecule is CC1CCC(N)(CCc2cccs2)c2ccccc21. The van der Waals surface area contributed by atoms with Gasteiger partial charge < -0.3 is 5.73 Å². The summed E-state index contributed by atoms with van der Waals surface area (Å²) in [6.45, 7) is 2.32. The van der Waals surface area contributed by atoms with Crippen LogP contribution in [0.2, 0.25) is 0 Å². The minimum absolute atomic E-state index is 0.132. The Balaban J connectivity index is 1.85. The predicted molar refractivity (Wildman–Crippen MR) is 82.6 cm³/mol. The van der Waals surface area contributed by atoms with Crippen molar-refractivity contribution in [3.63, 3.8) is 0 Å². The largest absolute Gasteiger partial charge is 0.321 e. The van der Waals surface area contributed by atoms with Gasteiger partial charge in [-0.2, -0.15) is 0 Å². The molecule has 2 heteroatoms. The molecule has 2 unspecified atom stereocenters. The Labute approximate surface area is 119 Å². The first kappa shape index (κ1) is 12.9. The summed E-state index contributed by atoms with van der Waals surface area (Å²) in [5.41, 5.74) is 9.46. The van der Waals surface area contributed by atoms with Crippen LogP contribution in [-0.4, -0.2) is 0 Å². The topological polar surface area (TPSA) is 26.0 Å². The van der Waals surface area contributed by atoms with Gasteiger partial charge in [-0.1, -0.05) is 37.3 Å². The average Bonchev–Trinajstić information content (AvgIpc) is 2.95. The molecular weight excluding hydrogens is 250 g/mol. The van der Waals surface area contributed by atoms with Gasteiger partial charge in [-0.05, 0) is 54.2 Å². The van der Waals surface area contributed by atoms with Crippen LogP contribution in [-0.2, 0) is 12.0 Å². The van der Waals surface area contributed by atoms with E-state index in [0.29, 0.717) is 5.92 Å². The van der Waals surface area contributed by atoms with Crippen LogP contribution in [0.15, 0.2) is 41.8 Å². The molecule has 0 saturated carbocycles. The molecular formula is C17H21NS. The Morgan fingerprint density at radius 3 is 2.89 bits per heavy atom. The van der Waals surface area contributed by atoms with Gasteiger partial charge in [0.05, 0.1) is 0 Å². The first-order valence-electron chi connectivity index (χ1n) is 7.10. The van der Waals surface area contributed by atoms with Crippen molar-refractivity contribution in [2.24, 2.45) is 5.73 Å². The zero-order valence-corrected chi connectivity index (χ0v) is 12.2. The van der Waals surface area contributed by atoms with E-state index in [2.05, 4.69) is 48.7 Å². The van der Waals surface area contributed by atoms with Gasteiger partial charge in [0.25, 0.3) is 0 Å². The molecule has 0 saturated heterocycles. The molecule has 1 nitrogen and oxygen atoms in total. The van der Waals surface area contributed by atoms with Crippen molar-refractivity contribution in [3.05, 3.63) is 57.8 Å². The maximum Gasteiger partial charge on any atom is 0.0416 e. The Morgan fingerprint density at radius 2 is 2.11 bits per heavy atom. The van der Waals surface area contributed by atoms with Crippen LogP contribution in [0.4, 0.5) is 0 Å². The van der Waals surface area contributed by atoms with Gasteiger partial charge in [-0.25, -0.2) is 0 Å². The lowest BCUT2D eigenvalue weighted by Gasteiger charge is -2.38. The van der Waals surface area contributed by atoms with Gasteiger partial charge in [-0.3, -0.25) is 0 Å². The fraction of sp³-hybridized carbons (Fsp3) is 0.412. The van der Waals surface area contributed by atoms with E-state index in [1.807, 2.05) is 11.3 Å². The minimum atomic E-state index is -0.132. The fourth-order valence-electron chi connectivity index (χ4n) is 3.21. The maximum atomic E-state index is 6.75. The zero-order chi connectivity index (χ0) is 13.3. The average molecular weight is 271 g/mol. The maximum absolute atomic E-state index is 6.75. The molecule has 2 atom stereocenters. The van der Waals surface area contributed by atoms with Crippen molar-refractivity contribution < 1.29 is 0 Å². The summed E-state index contributed by atoms with van der Waals surface area (Å²) in [6, 6.07) is 13.1. The number of rotatable bonds is 3. The summed E-state index contributed by atoms with van der Waals surface area (Å²) in [5, 5.41) is 2.15. The number of hydrogen-bond acceptors (Lipinski definition) is 2. The molecule has 0 spiro atoms. The van der Waals surface area contributed by atoms with E-state index in [-0.39, 0.29) is 5.54 Å². The smallest absolute Gasteiger partial charge is 0.0416 e. The van der Waals surface area contributed by atoms with Crippen molar-refractivity contribution in [1.29, 1.82) is 0 Å². The van der Waals surface area contributed by atoms with E-state index < -0.39 is 0 Å². The van der Waals surface area contributed by atoms with Crippen LogP contribution < -0.4 is 5.73 Å². The lowest BCUT2D eigenvalue weighted by Crippen LogP contribution is -2.41. The number of nitrogens with two attached hydrogens (primary N) is 1. The van der Waals surface area contributed by atoms with E-state index in [4.69, 9.17) is 5.73 Å². The van der Waals surface area contributed by atoms with Crippen LogP contribution in [0.25, 0.3) is 0 Å². The van der Waals surface area contributed by atoms with E-state index in [1.54, 1.807) is 0 Å². The first-order chi connectivity index (χ1) is 9.19. The Bertz CT molecular complexity index is 546. The Kier molecular flexibility index (Phi) is 3.46. The molecule has 1 aliphatic carbocycles. The van der Waals surface area contributed by atoms with E-state index >= 15 is 0 Å². The second-order valence-corrected chi connectivity index (χ2v) is 6.79. The molecule has 2 N–H and O–H groups in total. The molecule has 0 bridgehead atoms. The molecule has 1 aliphatic rings. The summed E-state index contributed by atoms with van der Waals surface area (Å²) in [6.07, 6.45) is 4.46. The van der Waals surface area contributed by atoms with Crippen molar-refractivity contribution in [3.8, 4) is 0 Å². The second-order valence-electron chi connectivity index (χ2n) is 5.76. The molecule has 0 radical (unpaired) electrons. The quantitative estimate of drug-likeness (QED) is 0.878. The molecule has 3 rings (SSSR count). The molecule has 1 aromatic carbocycles. The highest BCUT2D eigenvalue weighted by atomic mass is 32.1. The van der Waals surface area contributed by atoms with Crippen molar-refractivity contribution in [2.75, 3.05) is 0 Å². The van der Waals surface area contributed by atoms with Crippen LogP contribution >= 0.6 is 11.3 Å².